The molecule has 0 radical (unpaired) electrons. The van der Waals surface area contributed by atoms with Gasteiger partial charge < -0.3 is 15.2 Å². The zero-order chi connectivity index (χ0) is 14.2. The fraction of sp³-hybridized carbons (Fsp3) is 0.533. The van der Waals surface area contributed by atoms with Crippen molar-refractivity contribution in [3.8, 4) is 0 Å². The molecule has 0 spiro atoms. The third-order valence-corrected chi connectivity index (χ3v) is 3.62. The topological polar surface area (TPSA) is 47.1 Å². The van der Waals surface area contributed by atoms with Crippen LogP contribution in [0.15, 0.2) is 18.2 Å². The average molecular weight is 260 g/mol. The molecule has 1 aromatic carbocycles. The van der Waals surface area contributed by atoms with Crippen molar-refractivity contribution in [1.82, 2.24) is 9.55 Å². The Morgan fingerprint density at radius 1 is 1.37 bits per heavy atom. The molecule has 0 aliphatic heterocycles. The molecular formula is C15H24N4. The van der Waals surface area contributed by atoms with Crippen molar-refractivity contribution < 1.29 is 0 Å². The van der Waals surface area contributed by atoms with E-state index in [1.54, 1.807) is 0 Å². The highest BCUT2D eigenvalue weighted by molar-refractivity contribution is 5.80. The maximum Gasteiger partial charge on any atom is 0.106 e. The number of aryl methyl sites for hydroxylation is 2. The van der Waals surface area contributed by atoms with Crippen molar-refractivity contribution >= 4 is 16.7 Å². The van der Waals surface area contributed by atoms with Gasteiger partial charge in [-0.2, -0.15) is 0 Å². The van der Waals surface area contributed by atoms with Crippen molar-refractivity contribution in [2.75, 3.05) is 18.5 Å². The van der Waals surface area contributed by atoms with Gasteiger partial charge in [0.2, 0.25) is 0 Å². The van der Waals surface area contributed by atoms with Gasteiger partial charge in [-0.3, -0.25) is 0 Å². The van der Waals surface area contributed by atoms with Gasteiger partial charge in [-0.15, -0.1) is 0 Å². The first kappa shape index (κ1) is 13.9. The van der Waals surface area contributed by atoms with E-state index in [1.165, 1.54) is 11.2 Å². The molecule has 0 saturated heterocycles. The number of hydrogen-bond acceptors (Lipinski definition) is 3. The minimum absolute atomic E-state index is 0.125. The van der Waals surface area contributed by atoms with Gasteiger partial charge in [0.25, 0.3) is 0 Å². The third kappa shape index (κ3) is 3.07. The Labute approximate surface area is 115 Å². The second-order valence-corrected chi connectivity index (χ2v) is 6.05. The van der Waals surface area contributed by atoms with Crippen molar-refractivity contribution in [2.24, 2.45) is 12.8 Å². The van der Waals surface area contributed by atoms with Crippen LogP contribution in [-0.2, 0) is 7.05 Å². The van der Waals surface area contributed by atoms with Crippen LogP contribution in [0.2, 0.25) is 0 Å². The number of nitrogens with two attached hydrogens (primary N) is 1. The van der Waals surface area contributed by atoms with Gasteiger partial charge >= 0.3 is 0 Å². The summed E-state index contributed by atoms with van der Waals surface area (Å²) in [6.45, 7) is 7.10. The molecule has 0 bridgehead atoms. The second-order valence-electron chi connectivity index (χ2n) is 6.05. The highest BCUT2D eigenvalue weighted by Crippen LogP contribution is 2.22. The molecule has 104 valence electrons. The summed E-state index contributed by atoms with van der Waals surface area (Å²) in [4.78, 5) is 6.81. The molecule has 0 aliphatic carbocycles. The van der Waals surface area contributed by atoms with E-state index in [-0.39, 0.29) is 5.54 Å². The lowest BCUT2D eigenvalue weighted by Gasteiger charge is -2.25. The maximum absolute atomic E-state index is 6.03. The molecule has 1 aromatic heterocycles. The number of benzene rings is 1. The van der Waals surface area contributed by atoms with E-state index in [0.717, 1.165) is 24.3 Å². The molecule has 2 aromatic rings. The van der Waals surface area contributed by atoms with Crippen LogP contribution in [0.3, 0.4) is 0 Å². The molecule has 0 saturated carbocycles. The van der Waals surface area contributed by atoms with Crippen molar-refractivity contribution in [1.29, 1.82) is 0 Å². The van der Waals surface area contributed by atoms with Crippen LogP contribution in [0.5, 0.6) is 0 Å². The first-order valence-corrected chi connectivity index (χ1v) is 6.71. The highest BCUT2D eigenvalue weighted by atomic mass is 15.1. The molecule has 0 aliphatic rings. The lowest BCUT2D eigenvalue weighted by atomic mass is 10.0. The Bertz CT molecular complexity index is 578. The molecule has 2 N–H and O–H groups in total. The fourth-order valence-electron chi connectivity index (χ4n) is 2.13. The van der Waals surface area contributed by atoms with Gasteiger partial charge in [-0.05, 0) is 45.4 Å². The molecule has 0 atom stereocenters. The average Bonchev–Trinajstić information content (AvgIpc) is 2.61. The van der Waals surface area contributed by atoms with Crippen LogP contribution in [0.1, 0.15) is 26.1 Å². The van der Waals surface area contributed by atoms with E-state index < -0.39 is 0 Å². The van der Waals surface area contributed by atoms with E-state index in [4.69, 9.17) is 5.73 Å². The van der Waals surface area contributed by atoms with E-state index in [9.17, 15) is 0 Å². The molecular weight excluding hydrogens is 236 g/mol. The van der Waals surface area contributed by atoms with Crippen LogP contribution in [-0.4, -0.2) is 28.7 Å². The predicted molar refractivity (Wildman–Crippen MR) is 81.6 cm³/mol. The van der Waals surface area contributed by atoms with E-state index in [0.29, 0.717) is 0 Å². The van der Waals surface area contributed by atoms with Gasteiger partial charge in [0.1, 0.15) is 5.82 Å². The lowest BCUT2D eigenvalue weighted by molar-refractivity contribution is 0.479. The molecule has 2 rings (SSSR count). The number of rotatable bonds is 4. The summed E-state index contributed by atoms with van der Waals surface area (Å²) < 4.78 is 2.11. The number of hydrogen-bond donors (Lipinski definition) is 1. The third-order valence-electron chi connectivity index (χ3n) is 3.62. The van der Waals surface area contributed by atoms with Gasteiger partial charge in [0.05, 0.1) is 11.0 Å². The smallest absolute Gasteiger partial charge is 0.106 e. The first-order chi connectivity index (χ1) is 8.78. The Morgan fingerprint density at radius 2 is 2.05 bits per heavy atom. The molecule has 1 heterocycles. The largest absolute Gasteiger partial charge is 0.374 e. The Kier molecular flexibility index (Phi) is 3.54. The quantitative estimate of drug-likeness (QED) is 0.918. The molecule has 4 nitrogen and oxygen atoms in total. The number of aromatic nitrogens is 2. The fourth-order valence-corrected chi connectivity index (χ4v) is 2.13. The predicted octanol–water partition coefficient (Wildman–Crippen LogP) is 2.45. The lowest BCUT2D eigenvalue weighted by Crippen LogP contribution is -2.36. The summed E-state index contributed by atoms with van der Waals surface area (Å²) in [7, 11) is 4.15. The minimum Gasteiger partial charge on any atom is -0.374 e. The molecule has 4 heteroatoms. The normalized spacial score (nSPS) is 12.1. The molecule has 19 heavy (non-hydrogen) atoms. The first-order valence-electron chi connectivity index (χ1n) is 6.71. The second kappa shape index (κ2) is 4.85. The van der Waals surface area contributed by atoms with Crippen molar-refractivity contribution in [2.45, 2.75) is 32.7 Å². The maximum atomic E-state index is 6.03. The number of anilines is 1. The van der Waals surface area contributed by atoms with E-state index in [2.05, 4.69) is 53.5 Å². The van der Waals surface area contributed by atoms with Gasteiger partial charge in [0, 0.05) is 31.9 Å². The standard InChI is InChI=1S/C15H24N4/c1-11-17-13-10-12(6-7-14(13)19(11)5)18(4)9-8-15(2,3)16/h6-7,10H,8-9,16H2,1-5H3. The molecule has 0 amide bonds. The number of nitrogens with zero attached hydrogens (tertiary/aromatic N) is 3. The van der Waals surface area contributed by atoms with Crippen LogP contribution >= 0.6 is 0 Å². The summed E-state index contributed by atoms with van der Waals surface area (Å²) in [6, 6.07) is 6.42. The monoisotopic (exact) mass is 260 g/mol. The zero-order valence-electron chi connectivity index (χ0n) is 12.6. The Balaban J connectivity index is 2.21. The number of imidazole rings is 1. The van der Waals surface area contributed by atoms with Crippen molar-refractivity contribution in [3.05, 3.63) is 24.0 Å². The summed E-state index contributed by atoms with van der Waals surface area (Å²) in [6.07, 6.45) is 0.961. The summed E-state index contributed by atoms with van der Waals surface area (Å²) in [5.41, 5.74) is 9.32. The van der Waals surface area contributed by atoms with Gasteiger partial charge in [-0.1, -0.05) is 0 Å². The highest BCUT2D eigenvalue weighted by Gasteiger charge is 2.13. The molecule has 0 unspecified atom stereocenters. The van der Waals surface area contributed by atoms with Crippen LogP contribution in [0.4, 0.5) is 5.69 Å². The number of fused-ring (bicyclic) bond motifs is 1. The van der Waals surface area contributed by atoms with Crippen LogP contribution in [0.25, 0.3) is 11.0 Å². The van der Waals surface area contributed by atoms with E-state index >= 15 is 0 Å². The summed E-state index contributed by atoms with van der Waals surface area (Å²) >= 11 is 0. The van der Waals surface area contributed by atoms with Crippen LogP contribution in [0, 0.1) is 6.92 Å². The Hall–Kier alpha value is -1.55. The van der Waals surface area contributed by atoms with Crippen LogP contribution < -0.4 is 10.6 Å². The minimum atomic E-state index is -0.125. The van der Waals surface area contributed by atoms with Gasteiger partial charge in [-0.25, -0.2) is 4.98 Å². The zero-order valence-corrected chi connectivity index (χ0v) is 12.6. The van der Waals surface area contributed by atoms with E-state index in [1.807, 2.05) is 14.0 Å². The van der Waals surface area contributed by atoms with Gasteiger partial charge in [0.15, 0.2) is 0 Å². The molecule has 0 fully saturated rings. The SMILES string of the molecule is Cc1nc2cc(N(C)CCC(C)(C)N)ccc2n1C. The Morgan fingerprint density at radius 3 is 2.68 bits per heavy atom. The summed E-state index contributed by atoms with van der Waals surface area (Å²) in [5, 5.41) is 0. The summed E-state index contributed by atoms with van der Waals surface area (Å²) in [5.74, 6) is 1.04. The van der Waals surface area contributed by atoms with Crippen molar-refractivity contribution in [3.63, 3.8) is 0 Å².